The van der Waals surface area contributed by atoms with E-state index in [0.717, 1.165) is 0 Å². The zero-order chi connectivity index (χ0) is 3.58. The van der Waals surface area contributed by atoms with Crippen LogP contribution in [0.2, 0.25) is 19.6 Å². The number of hydrogen-bond acceptors (Lipinski definition) is 0. The molecule has 0 unspecified atom stereocenters. The summed E-state index contributed by atoms with van der Waals surface area (Å²) in [7, 11) is 0.120. The van der Waals surface area contributed by atoms with Crippen molar-refractivity contribution in [3.05, 3.63) is 0 Å². The fourth-order valence-corrected chi connectivity index (χ4v) is 0. The maximum atomic E-state index is 2.27. The van der Waals surface area contributed by atoms with Crippen molar-refractivity contribution in [2.45, 2.75) is 19.6 Å². The summed E-state index contributed by atoms with van der Waals surface area (Å²) in [5.74, 6) is 0. The van der Waals surface area contributed by atoms with Crippen LogP contribution in [0.3, 0.4) is 0 Å². The minimum atomic E-state index is 0. The summed E-state index contributed by atoms with van der Waals surface area (Å²) in [6.07, 6.45) is 0. The van der Waals surface area contributed by atoms with Crippen molar-refractivity contribution < 1.29 is 0 Å². The Labute approximate surface area is 46.5 Å². The maximum absolute atomic E-state index is 2.27. The van der Waals surface area contributed by atoms with E-state index in [1.807, 2.05) is 0 Å². The van der Waals surface area contributed by atoms with Gasteiger partial charge in [-0.05, 0) is 0 Å². The molecule has 0 aliphatic rings. The zero-order valence-corrected chi connectivity index (χ0v) is 4.50. The predicted octanol–water partition coefficient (Wildman–Crippen LogP) is -0.0810. The van der Waals surface area contributed by atoms with Crippen LogP contribution in [0, 0.1) is 0 Å². The molecule has 0 bridgehead atoms. The fraction of sp³-hybridized carbons (Fsp3) is 1.00. The van der Waals surface area contributed by atoms with Gasteiger partial charge in [0.15, 0.2) is 0 Å². The average molecular weight is 150 g/mol. The molecule has 0 aliphatic carbocycles. The molecule has 0 aromatic rings. The third-order valence-electron chi connectivity index (χ3n) is 0. The van der Waals surface area contributed by atoms with Gasteiger partial charge < -0.3 is 0 Å². The van der Waals surface area contributed by atoms with Gasteiger partial charge in [0.2, 0.25) is 0 Å². The Hall–Kier alpha value is 0.760. The Bertz CT molecular complexity index is 11.6. The van der Waals surface area contributed by atoms with Crippen LogP contribution in [0.5, 0.6) is 0 Å². The fourth-order valence-electron chi connectivity index (χ4n) is 0. The third kappa shape index (κ3) is 62.8. The van der Waals surface area contributed by atoms with Gasteiger partial charge in [-0.1, -0.05) is 19.6 Å². The summed E-state index contributed by atoms with van der Waals surface area (Å²) in [4.78, 5) is 0. The molecule has 0 nitrogen and oxygen atoms in total. The van der Waals surface area contributed by atoms with Gasteiger partial charge in [-0.15, -0.1) is 0 Å². The summed E-state index contributed by atoms with van der Waals surface area (Å²) in [5, 5.41) is 0. The Morgan fingerprint density at radius 3 is 1.00 bits per heavy atom. The molecule has 0 saturated heterocycles. The van der Waals surface area contributed by atoms with Crippen LogP contribution in [0.1, 0.15) is 0 Å². The van der Waals surface area contributed by atoms with Crippen molar-refractivity contribution in [3.8, 4) is 0 Å². The molecule has 0 amide bonds. The number of hydrogen-bond donors (Lipinski definition) is 0. The van der Waals surface area contributed by atoms with Gasteiger partial charge >= 0.3 is 17.6 Å². The van der Waals surface area contributed by atoms with Gasteiger partial charge in [-0.25, -0.2) is 0 Å². The Kier molecular flexibility index (Phi) is 8.79. The molecule has 0 spiro atoms. The summed E-state index contributed by atoms with van der Waals surface area (Å²) in [6, 6.07) is 0. The predicted molar refractivity (Wildman–Crippen MR) is 34.7 cm³/mol. The SMILES string of the molecule is C[Si](C)C.[GeH4]. The van der Waals surface area contributed by atoms with E-state index in [2.05, 4.69) is 19.6 Å². The van der Waals surface area contributed by atoms with Crippen molar-refractivity contribution in [2.75, 3.05) is 0 Å². The van der Waals surface area contributed by atoms with E-state index in [-0.39, 0.29) is 26.4 Å². The molecule has 33 valence electrons. The Morgan fingerprint density at radius 1 is 1.00 bits per heavy atom. The van der Waals surface area contributed by atoms with Gasteiger partial charge in [-0.2, -0.15) is 0 Å². The van der Waals surface area contributed by atoms with Crippen LogP contribution in [-0.4, -0.2) is 26.4 Å². The molecule has 0 aliphatic heterocycles. The van der Waals surface area contributed by atoms with E-state index >= 15 is 0 Å². The number of rotatable bonds is 0. The summed E-state index contributed by atoms with van der Waals surface area (Å²) >= 11 is 0. The van der Waals surface area contributed by atoms with Crippen LogP contribution < -0.4 is 0 Å². The van der Waals surface area contributed by atoms with Crippen LogP contribution >= 0.6 is 0 Å². The molecule has 0 atom stereocenters. The molecular weight excluding hydrogens is 137 g/mol. The summed E-state index contributed by atoms with van der Waals surface area (Å²) in [5.41, 5.74) is 0. The van der Waals surface area contributed by atoms with Crippen molar-refractivity contribution >= 4 is 26.4 Å². The molecular formula is C3H13GeSi. The first-order valence-electron chi connectivity index (χ1n) is 1.50. The van der Waals surface area contributed by atoms with Crippen molar-refractivity contribution in [1.29, 1.82) is 0 Å². The van der Waals surface area contributed by atoms with Crippen LogP contribution in [0.25, 0.3) is 0 Å². The first kappa shape index (κ1) is 9.23. The summed E-state index contributed by atoms with van der Waals surface area (Å²) in [6.45, 7) is 6.81. The van der Waals surface area contributed by atoms with Gasteiger partial charge in [-0.3, -0.25) is 0 Å². The molecule has 0 saturated carbocycles. The van der Waals surface area contributed by atoms with E-state index in [0.29, 0.717) is 0 Å². The van der Waals surface area contributed by atoms with E-state index in [1.54, 1.807) is 0 Å². The topological polar surface area (TPSA) is 0 Å². The molecule has 0 N–H and O–H groups in total. The van der Waals surface area contributed by atoms with Crippen LogP contribution in [-0.2, 0) is 0 Å². The van der Waals surface area contributed by atoms with Crippen molar-refractivity contribution in [3.63, 3.8) is 0 Å². The molecule has 0 heterocycles. The average Bonchev–Trinajstić information content (AvgIpc) is 0.811. The molecule has 0 fully saturated rings. The second kappa shape index (κ2) is 4.76. The van der Waals surface area contributed by atoms with E-state index in [4.69, 9.17) is 0 Å². The monoisotopic (exact) mass is 151 g/mol. The third-order valence-corrected chi connectivity index (χ3v) is 0. The standard InChI is InChI=1S/C3H9Si.GeH4/c1-4(2)3;/h1-3H3;1H4. The van der Waals surface area contributed by atoms with Crippen molar-refractivity contribution in [2.24, 2.45) is 0 Å². The molecule has 1 radical (unpaired) electrons. The summed E-state index contributed by atoms with van der Waals surface area (Å²) < 4.78 is 0. The Balaban J connectivity index is 0. The zero-order valence-electron chi connectivity index (χ0n) is 3.50. The molecule has 0 rings (SSSR count). The van der Waals surface area contributed by atoms with Gasteiger partial charge in [0, 0.05) is 8.80 Å². The van der Waals surface area contributed by atoms with Crippen molar-refractivity contribution in [1.82, 2.24) is 0 Å². The molecule has 5 heavy (non-hydrogen) atoms. The molecule has 0 aromatic heterocycles. The van der Waals surface area contributed by atoms with E-state index in [1.165, 1.54) is 0 Å². The van der Waals surface area contributed by atoms with Gasteiger partial charge in [0.25, 0.3) is 0 Å². The first-order chi connectivity index (χ1) is 1.73. The molecule has 0 aromatic carbocycles. The van der Waals surface area contributed by atoms with E-state index in [9.17, 15) is 0 Å². The minimum absolute atomic E-state index is 0. The van der Waals surface area contributed by atoms with Gasteiger partial charge in [0.05, 0.1) is 0 Å². The normalized spacial score (nSPS) is 7.20. The van der Waals surface area contributed by atoms with Gasteiger partial charge in [0.1, 0.15) is 0 Å². The Morgan fingerprint density at radius 2 is 1.00 bits per heavy atom. The first-order valence-corrected chi connectivity index (χ1v) is 4.50. The second-order valence-electron chi connectivity index (χ2n) is 1.50. The second-order valence-corrected chi connectivity index (χ2v) is 4.50. The van der Waals surface area contributed by atoms with Crippen LogP contribution in [0.15, 0.2) is 0 Å². The van der Waals surface area contributed by atoms with E-state index < -0.39 is 0 Å². The quantitative estimate of drug-likeness (QED) is 0.423. The van der Waals surface area contributed by atoms with Crippen LogP contribution in [0.4, 0.5) is 0 Å². The molecule has 2 heteroatoms.